The number of anilines is 1. The zero-order chi connectivity index (χ0) is 13.8. The fraction of sp³-hybridized carbons (Fsp3) is 0.385. The number of fused-ring (bicyclic) bond motifs is 1. The summed E-state index contributed by atoms with van der Waals surface area (Å²) in [5.74, 6) is -0.998. The smallest absolute Gasteiger partial charge is 0.338 e. The van der Waals surface area contributed by atoms with Gasteiger partial charge < -0.3 is 19.6 Å². The van der Waals surface area contributed by atoms with E-state index in [1.165, 1.54) is 0 Å². The first-order chi connectivity index (χ1) is 9.13. The molecule has 0 saturated heterocycles. The summed E-state index contributed by atoms with van der Waals surface area (Å²) in [6.45, 7) is 3.04. The van der Waals surface area contributed by atoms with Gasteiger partial charge in [0.2, 0.25) is 0 Å². The third kappa shape index (κ3) is 2.85. The lowest BCUT2D eigenvalue weighted by molar-refractivity contribution is 0.0698. The number of hydrogen-bond acceptors (Lipinski definition) is 5. The molecule has 1 aromatic heterocycles. The molecule has 0 bridgehead atoms. The number of aromatic carboxylic acids is 1. The number of hydrogen-bond donors (Lipinski definition) is 2. The highest BCUT2D eigenvalue weighted by molar-refractivity contribution is 6.02. The standard InChI is InChI=1S/C13H16N2O4/c1-8-4-5-9-11(10(8)12(16)17)15-13(19-9)14-6-3-7-18-2/h4-5H,3,6-7H2,1-2H3,(H,14,15)(H,16,17). The molecule has 6 nitrogen and oxygen atoms in total. The van der Waals surface area contributed by atoms with Gasteiger partial charge in [-0.25, -0.2) is 4.79 Å². The average molecular weight is 264 g/mol. The number of carboxylic acid groups (broad SMARTS) is 1. The number of nitrogens with zero attached hydrogens (tertiary/aromatic N) is 1. The lowest BCUT2D eigenvalue weighted by atomic mass is 10.1. The van der Waals surface area contributed by atoms with E-state index in [9.17, 15) is 9.90 Å². The Morgan fingerprint density at radius 3 is 3.00 bits per heavy atom. The molecule has 0 saturated carbocycles. The summed E-state index contributed by atoms with van der Waals surface area (Å²) >= 11 is 0. The van der Waals surface area contributed by atoms with Gasteiger partial charge in [0.25, 0.3) is 6.01 Å². The van der Waals surface area contributed by atoms with Crippen LogP contribution in [0.3, 0.4) is 0 Å². The van der Waals surface area contributed by atoms with Gasteiger partial charge in [-0.1, -0.05) is 6.07 Å². The van der Waals surface area contributed by atoms with Crippen LogP contribution in [-0.4, -0.2) is 36.3 Å². The number of oxazole rings is 1. The molecule has 0 spiro atoms. The monoisotopic (exact) mass is 264 g/mol. The minimum absolute atomic E-state index is 0.186. The molecule has 2 aromatic rings. The molecule has 0 fully saturated rings. The SMILES string of the molecule is COCCCNc1nc2c(C(=O)O)c(C)ccc2o1. The lowest BCUT2D eigenvalue weighted by Crippen LogP contribution is -2.05. The zero-order valence-corrected chi connectivity index (χ0v) is 10.9. The normalized spacial score (nSPS) is 10.8. The molecule has 2 N–H and O–H groups in total. The van der Waals surface area contributed by atoms with Crippen molar-refractivity contribution in [1.29, 1.82) is 0 Å². The van der Waals surface area contributed by atoms with Gasteiger partial charge >= 0.3 is 5.97 Å². The molecule has 19 heavy (non-hydrogen) atoms. The molecule has 6 heteroatoms. The second kappa shape index (κ2) is 5.71. The van der Waals surface area contributed by atoms with Gasteiger partial charge in [0, 0.05) is 20.3 Å². The van der Waals surface area contributed by atoms with Crippen LogP contribution in [0.1, 0.15) is 22.3 Å². The van der Waals surface area contributed by atoms with Gasteiger partial charge in [-0.05, 0) is 25.0 Å². The number of methoxy groups -OCH3 is 1. The Morgan fingerprint density at radius 2 is 2.32 bits per heavy atom. The van der Waals surface area contributed by atoms with Crippen LogP contribution in [-0.2, 0) is 4.74 Å². The van der Waals surface area contributed by atoms with Crippen LogP contribution in [0.4, 0.5) is 6.01 Å². The number of nitrogens with one attached hydrogen (secondary N) is 1. The number of rotatable bonds is 6. The van der Waals surface area contributed by atoms with Crippen LogP contribution in [0, 0.1) is 6.92 Å². The first-order valence-electron chi connectivity index (χ1n) is 5.99. The summed E-state index contributed by atoms with van der Waals surface area (Å²) in [7, 11) is 1.64. The Balaban J connectivity index is 2.25. The van der Waals surface area contributed by atoms with E-state index in [0.717, 1.165) is 6.42 Å². The van der Waals surface area contributed by atoms with Crippen molar-refractivity contribution in [1.82, 2.24) is 4.98 Å². The first kappa shape index (κ1) is 13.4. The molecule has 2 rings (SSSR count). The van der Waals surface area contributed by atoms with Crippen molar-refractivity contribution in [2.24, 2.45) is 0 Å². The summed E-state index contributed by atoms with van der Waals surface area (Å²) in [5.41, 5.74) is 1.70. The molecule has 0 radical (unpaired) electrons. The van der Waals surface area contributed by atoms with Gasteiger partial charge in [-0.3, -0.25) is 0 Å². The molecule has 0 atom stereocenters. The van der Waals surface area contributed by atoms with Crippen molar-refractivity contribution >= 4 is 23.1 Å². The fourth-order valence-corrected chi connectivity index (χ4v) is 1.85. The van der Waals surface area contributed by atoms with Crippen LogP contribution in [0.15, 0.2) is 16.5 Å². The largest absolute Gasteiger partial charge is 0.478 e. The summed E-state index contributed by atoms with van der Waals surface area (Å²) in [5, 5.41) is 12.2. The quantitative estimate of drug-likeness (QED) is 0.779. The molecule has 0 aliphatic heterocycles. The van der Waals surface area contributed by atoms with E-state index in [-0.39, 0.29) is 5.56 Å². The van der Waals surface area contributed by atoms with Crippen molar-refractivity contribution in [3.63, 3.8) is 0 Å². The maximum absolute atomic E-state index is 11.2. The van der Waals surface area contributed by atoms with E-state index in [2.05, 4.69) is 10.3 Å². The number of aromatic nitrogens is 1. The molecule has 1 heterocycles. The average Bonchev–Trinajstić information content (AvgIpc) is 2.76. The summed E-state index contributed by atoms with van der Waals surface area (Å²) in [6.07, 6.45) is 0.819. The van der Waals surface area contributed by atoms with E-state index >= 15 is 0 Å². The van der Waals surface area contributed by atoms with Gasteiger partial charge in [-0.15, -0.1) is 0 Å². The minimum Gasteiger partial charge on any atom is -0.478 e. The fourth-order valence-electron chi connectivity index (χ4n) is 1.85. The van der Waals surface area contributed by atoms with E-state index < -0.39 is 5.97 Å². The van der Waals surface area contributed by atoms with Crippen molar-refractivity contribution in [2.45, 2.75) is 13.3 Å². The van der Waals surface area contributed by atoms with Crippen LogP contribution in [0.2, 0.25) is 0 Å². The Morgan fingerprint density at radius 1 is 1.53 bits per heavy atom. The number of ether oxygens (including phenoxy) is 1. The first-order valence-corrected chi connectivity index (χ1v) is 5.99. The Kier molecular flexibility index (Phi) is 4.01. The predicted octanol–water partition coefficient (Wildman–Crippen LogP) is 2.28. The number of carboxylic acids is 1. The van der Waals surface area contributed by atoms with Crippen molar-refractivity contribution in [2.75, 3.05) is 25.6 Å². The van der Waals surface area contributed by atoms with Crippen LogP contribution >= 0.6 is 0 Å². The third-order valence-electron chi connectivity index (χ3n) is 2.78. The van der Waals surface area contributed by atoms with Gasteiger partial charge in [0.05, 0.1) is 5.56 Å². The lowest BCUT2D eigenvalue weighted by Gasteiger charge is -1.99. The Bertz CT molecular complexity index is 592. The highest BCUT2D eigenvalue weighted by Crippen LogP contribution is 2.24. The third-order valence-corrected chi connectivity index (χ3v) is 2.78. The summed E-state index contributed by atoms with van der Waals surface area (Å²) < 4.78 is 10.4. The van der Waals surface area contributed by atoms with Gasteiger partial charge in [0.1, 0.15) is 5.52 Å². The molecule has 1 aromatic carbocycles. The summed E-state index contributed by atoms with van der Waals surface area (Å²) in [4.78, 5) is 15.4. The maximum atomic E-state index is 11.2. The molecule has 0 aliphatic carbocycles. The molecular formula is C13H16N2O4. The number of carbonyl (C=O) groups is 1. The number of benzene rings is 1. The van der Waals surface area contributed by atoms with Crippen molar-refractivity contribution in [3.8, 4) is 0 Å². The molecule has 0 amide bonds. The van der Waals surface area contributed by atoms with Gasteiger partial charge in [-0.2, -0.15) is 4.98 Å². The highest BCUT2D eigenvalue weighted by atomic mass is 16.5. The van der Waals surface area contributed by atoms with Crippen molar-refractivity contribution < 1.29 is 19.1 Å². The Hall–Kier alpha value is -2.08. The maximum Gasteiger partial charge on any atom is 0.338 e. The van der Waals surface area contributed by atoms with Crippen LogP contribution < -0.4 is 5.32 Å². The van der Waals surface area contributed by atoms with E-state index in [1.807, 2.05) is 0 Å². The predicted molar refractivity (Wildman–Crippen MR) is 70.7 cm³/mol. The summed E-state index contributed by atoms with van der Waals surface area (Å²) in [6, 6.07) is 3.77. The Labute approximate surface area is 110 Å². The minimum atomic E-state index is -0.998. The second-order valence-corrected chi connectivity index (χ2v) is 4.20. The molecule has 0 aliphatic rings. The zero-order valence-electron chi connectivity index (χ0n) is 10.9. The van der Waals surface area contributed by atoms with Crippen LogP contribution in [0.5, 0.6) is 0 Å². The van der Waals surface area contributed by atoms with E-state index in [0.29, 0.717) is 35.8 Å². The van der Waals surface area contributed by atoms with E-state index in [1.54, 1.807) is 26.2 Å². The second-order valence-electron chi connectivity index (χ2n) is 4.20. The highest BCUT2D eigenvalue weighted by Gasteiger charge is 2.17. The topological polar surface area (TPSA) is 84.6 Å². The van der Waals surface area contributed by atoms with Gasteiger partial charge in [0.15, 0.2) is 5.58 Å². The number of aryl methyl sites for hydroxylation is 1. The van der Waals surface area contributed by atoms with E-state index in [4.69, 9.17) is 9.15 Å². The van der Waals surface area contributed by atoms with Crippen molar-refractivity contribution in [3.05, 3.63) is 23.3 Å². The molecule has 0 unspecified atom stereocenters. The molecule has 102 valence electrons. The van der Waals surface area contributed by atoms with Crippen LogP contribution in [0.25, 0.3) is 11.1 Å². The molecular weight excluding hydrogens is 248 g/mol.